The smallest absolute Gasteiger partial charge is 0.231 e. The molecule has 0 saturated carbocycles. The van der Waals surface area contributed by atoms with Crippen molar-refractivity contribution in [2.24, 2.45) is 11.7 Å². The third-order valence-electron chi connectivity index (χ3n) is 7.15. The van der Waals surface area contributed by atoms with Crippen LogP contribution in [0.25, 0.3) is 5.57 Å². The van der Waals surface area contributed by atoms with Gasteiger partial charge in [0, 0.05) is 5.71 Å². The zero-order valence-corrected chi connectivity index (χ0v) is 23.1. The lowest BCUT2D eigenvalue weighted by Crippen LogP contribution is -2.39. The molecule has 1 heterocycles. The molecule has 0 radical (unpaired) electrons. The van der Waals surface area contributed by atoms with Crippen LogP contribution in [0.4, 0.5) is 0 Å². The number of benzene rings is 1. The summed E-state index contributed by atoms with van der Waals surface area (Å²) < 4.78 is 0. The van der Waals surface area contributed by atoms with Gasteiger partial charge in [0.05, 0.1) is 12.1 Å². The number of hydrogen-bond acceptors (Lipinski definition) is 4. The minimum absolute atomic E-state index is 0.260. The third kappa shape index (κ3) is 7.51. The van der Waals surface area contributed by atoms with Gasteiger partial charge in [0.2, 0.25) is 5.91 Å². The number of rotatable bonds is 11. The Morgan fingerprint density at radius 3 is 2.44 bits per heavy atom. The van der Waals surface area contributed by atoms with Crippen LogP contribution in [-0.4, -0.2) is 36.2 Å². The summed E-state index contributed by atoms with van der Waals surface area (Å²) in [5, 5.41) is 17.9. The topological polar surface area (TPSA) is 94.0 Å². The van der Waals surface area contributed by atoms with Gasteiger partial charge in [0.1, 0.15) is 6.07 Å². The molecule has 194 valence electrons. The minimum Gasteiger partial charge on any atom is -0.369 e. The van der Waals surface area contributed by atoms with Gasteiger partial charge in [0.15, 0.2) is 0 Å². The number of nitriles is 1. The number of allylic oxidation sites excluding steroid dienone is 6. The summed E-state index contributed by atoms with van der Waals surface area (Å²) in [5.41, 5.74) is 13.7. The Hall–Kier alpha value is -2.97. The molecule has 1 saturated heterocycles. The lowest BCUT2D eigenvalue weighted by atomic mass is 9.80. The van der Waals surface area contributed by atoms with Crippen molar-refractivity contribution >= 4 is 17.2 Å². The van der Waals surface area contributed by atoms with Crippen molar-refractivity contribution in [3.05, 3.63) is 63.8 Å². The van der Waals surface area contributed by atoms with Crippen LogP contribution < -0.4 is 5.73 Å². The molecule has 0 atom stereocenters. The fraction of sp³-hybridized carbons (Fsp3) is 0.516. The Morgan fingerprint density at radius 1 is 1.28 bits per heavy atom. The third-order valence-corrected chi connectivity index (χ3v) is 7.15. The molecule has 0 bridgehead atoms. The Morgan fingerprint density at radius 2 is 1.94 bits per heavy atom. The van der Waals surface area contributed by atoms with E-state index < -0.39 is 0 Å². The van der Waals surface area contributed by atoms with Crippen LogP contribution >= 0.6 is 0 Å². The molecule has 0 unspecified atom stereocenters. The SMILES string of the molecule is C/C=C(\C=C(\C#N)C(=N)CC)C(/CCC)=C(/c1cc(C2CCN(CC(N)=O)CC2)ccc1C)C(C)C. The van der Waals surface area contributed by atoms with Gasteiger partial charge in [-0.25, -0.2) is 0 Å². The van der Waals surface area contributed by atoms with Crippen LogP contribution in [-0.2, 0) is 4.79 Å². The number of nitrogens with zero attached hydrogens (tertiary/aromatic N) is 2. The van der Waals surface area contributed by atoms with Crippen molar-refractivity contribution in [2.45, 2.75) is 79.6 Å². The van der Waals surface area contributed by atoms with Crippen molar-refractivity contribution in [2.75, 3.05) is 19.6 Å². The van der Waals surface area contributed by atoms with Crippen LogP contribution in [0.3, 0.4) is 0 Å². The second-order valence-electron chi connectivity index (χ2n) is 10.1. The zero-order valence-electron chi connectivity index (χ0n) is 23.1. The van der Waals surface area contributed by atoms with E-state index in [1.165, 1.54) is 27.8 Å². The maximum absolute atomic E-state index is 11.3. The highest BCUT2D eigenvalue weighted by atomic mass is 16.1. The maximum Gasteiger partial charge on any atom is 0.231 e. The Labute approximate surface area is 218 Å². The van der Waals surface area contributed by atoms with Gasteiger partial charge in [-0.3, -0.25) is 9.69 Å². The van der Waals surface area contributed by atoms with E-state index in [9.17, 15) is 10.1 Å². The van der Waals surface area contributed by atoms with Crippen LogP contribution in [0.1, 0.15) is 89.3 Å². The summed E-state index contributed by atoms with van der Waals surface area (Å²) in [4.78, 5) is 13.5. The predicted molar refractivity (Wildman–Crippen MR) is 151 cm³/mol. The molecule has 1 amide bonds. The van der Waals surface area contributed by atoms with E-state index in [1.54, 1.807) is 0 Å². The van der Waals surface area contributed by atoms with Gasteiger partial charge in [-0.15, -0.1) is 0 Å². The molecule has 0 aromatic heterocycles. The van der Waals surface area contributed by atoms with E-state index >= 15 is 0 Å². The van der Waals surface area contributed by atoms with Gasteiger partial charge in [-0.2, -0.15) is 5.26 Å². The molecule has 1 aliphatic rings. The first-order valence-electron chi connectivity index (χ1n) is 13.4. The Kier molecular flexibility index (Phi) is 11.3. The normalized spacial score (nSPS) is 16.6. The number of primary amides is 1. The molecule has 2 rings (SSSR count). The molecule has 1 aromatic carbocycles. The summed E-state index contributed by atoms with van der Waals surface area (Å²) in [6.45, 7) is 14.9. The molecule has 1 aliphatic heterocycles. The number of hydrogen-bond donors (Lipinski definition) is 2. The van der Waals surface area contributed by atoms with Crippen molar-refractivity contribution in [1.82, 2.24) is 4.90 Å². The van der Waals surface area contributed by atoms with E-state index in [1.807, 2.05) is 19.9 Å². The summed E-state index contributed by atoms with van der Waals surface area (Å²) >= 11 is 0. The average molecular weight is 489 g/mol. The van der Waals surface area contributed by atoms with Gasteiger partial charge < -0.3 is 11.1 Å². The molecule has 3 N–H and O–H groups in total. The molecule has 5 heteroatoms. The average Bonchev–Trinajstić information content (AvgIpc) is 2.85. The van der Waals surface area contributed by atoms with Crippen LogP contribution in [0, 0.1) is 29.6 Å². The quantitative estimate of drug-likeness (QED) is 0.206. The van der Waals surface area contributed by atoms with E-state index in [0.717, 1.165) is 44.3 Å². The second kappa shape index (κ2) is 13.9. The van der Waals surface area contributed by atoms with Gasteiger partial charge >= 0.3 is 0 Å². The first-order chi connectivity index (χ1) is 17.2. The molecule has 0 spiro atoms. The Balaban J connectivity index is 2.58. The Bertz CT molecular complexity index is 1080. The zero-order chi connectivity index (χ0) is 26.8. The summed E-state index contributed by atoms with van der Waals surface area (Å²) in [6, 6.07) is 9.12. The lowest BCUT2D eigenvalue weighted by molar-refractivity contribution is -0.119. The summed E-state index contributed by atoms with van der Waals surface area (Å²) in [7, 11) is 0. The van der Waals surface area contributed by atoms with E-state index in [-0.39, 0.29) is 5.91 Å². The van der Waals surface area contributed by atoms with Crippen molar-refractivity contribution in [3.63, 3.8) is 0 Å². The van der Waals surface area contributed by atoms with Crippen molar-refractivity contribution in [3.8, 4) is 6.07 Å². The lowest BCUT2D eigenvalue weighted by Gasteiger charge is -2.32. The van der Waals surface area contributed by atoms with E-state index in [2.05, 4.69) is 62.9 Å². The fourth-order valence-corrected chi connectivity index (χ4v) is 5.21. The van der Waals surface area contributed by atoms with Crippen molar-refractivity contribution in [1.29, 1.82) is 10.7 Å². The molecule has 1 fully saturated rings. The number of nitrogens with two attached hydrogens (primary N) is 1. The van der Waals surface area contributed by atoms with Gasteiger partial charge in [-0.1, -0.05) is 58.4 Å². The van der Waals surface area contributed by atoms with Gasteiger partial charge in [-0.05, 0) is 104 Å². The molecule has 0 aliphatic carbocycles. The van der Waals surface area contributed by atoms with E-state index in [4.69, 9.17) is 11.1 Å². The van der Waals surface area contributed by atoms with Crippen molar-refractivity contribution < 1.29 is 4.79 Å². The fourth-order valence-electron chi connectivity index (χ4n) is 5.21. The highest BCUT2D eigenvalue weighted by Crippen LogP contribution is 2.38. The minimum atomic E-state index is -0.260. The van der Waals surface area contributed by atoms with Crippen LogP contribution in [0.15, 0.2) is 47.1 Å². The second-order valence-corrected chi connectivity index (χ2v) is 10.1. The monoisotopic (exact) mass is 488 g/mol. The van der Waals surface area contributed by atoms with Crippen LogP contribution in [0.5, 0.6) is 0 Å². The molecular formula is C31H44N4O. The number of carbonyl (C=O) groups excluding carboxylic acids is 1. The largest absolute Gasteiger partial charge is 0.369 e. The first kappa shape index (κ1) is 29.3. The molecular weight excluding hydrogens is 444 g/mol. The number of nitrogens with one attached hydrogen (secondary N) is 1. The maximum atomic E-state index is 11.3. The van der Waals surface area contributed by atoms with Crippen LogP contribution in [0.2, 0.25) is 0 Å². The number of piperidine rings is 1. The first-order valence-corrected chi connectivity index (χ1v) is 13.4. The predicted octanol–water partition coefficient (Wildman–Crippen LogP) is 6.70. The molecule has 36 heavy (non-hydrogen) atoms. The molecule has 1 aromatic rings. The highest BCUT2D eigenvalue weighted by molar-refractivity contribution is 6.01. The highest BCUT2D eigenvalue weighted by Gasteiger charge is 2.24. The van der Waals surface area contributed by atoms with Gasteiger partial charge in [0.25, 0.3) is 0 Å². The standard InChI is InChI=1S/C31H44N4O/c1-7-10-27(23(8-2)17-26(19-32)29(33)9-3)31(21(4)5)28-18-25(12-11-22(28)6)24-13-15-35(16-14-24)20-30(34)36/h8,11-12,17-18,21,24,33H,7,9-10,13-16,20H2,1-6H3,(H2,34,36)/b23-8+,26-17-,31-27+,33-29?. The van der Waals surface area contributed by atoms with E-state index in [0.29, 0.717) is 36.1 Å². The number of likely N-dealkylation sites (tertiary alicyclic amines) is 1. The summed E-state index contributed by atoms with van der Waals surface area (Å²) in [5.74, 6) is 0.508. The molecule has 5 nitrogen and oxygen atoms in total. The number of aryl methyl sites for hydroxylation is 1. The number of carbonyl (C=O) groups is 1. The number of amides is 1. The summed E-state index contributed by atoms with van der Waals surface area (Å²) in [6.07, 6.45) is 8.49.